The Labute approximate surface area is 135 Å². The van der Waals surface area contributed by atoms with Crippen LogP contribution in [0.1, 0.15) is 11.7 Å². The van der Waals surface area contributed by atoms with Crippen molar-refractivity contribution in [3.05, 3.63) is 17.3 Å². The third kappa shape index (κ3) is 2.67. The highest BCUT2D eigenvalue weighted by Crippen LogP contribution is 2.40. The van der Waals surface area contributed by atoms with Gasteiger partial charge in [0.2, 0.25) is 0 Å². The van der Waals surface area contributed by atoms with Gasteiger partial charge in [-0.25, -0.2) is 9.97 Å². The van der Waals surface area contributed by atoms with Crippen molar-refractivity contribution in [3.8, 4) is 0 Å². The minimum Gasteiger partial charge on any atom is -0.387 e. The smallest absolute Gasteiger partial charge is 0.337 e. The molecule has 1 aliphatic rings. The van der Waals surface area contributed by atoms with Gasteiger partial charge >= 0.3 is 10.3 Å². The molecule has 0 aliphatic carbocycles. The Balaban J connectivity index is 1.99. The summed E-state index contributed by atoms with van der Waals surface area (Å²) in [6, 6.07) is 0. The van der Waals surface area contributed by atoms with Crippen molar-refractivity contribution in [2.45, 2.75) is 24.5 Å². The van der Waals surface area contributed by atoms with E-state index in [1.807, 2.05) is 0 Å². The number of nitrogens with two attached hydrogens (primary N) is 1. The SMILES string of the molecule is CN(C1OC(c2csc3c(N)ncnc23)C(O)C1O)S(=O)(=O)O. The van der Waals surface area contributed by atoms with E-state index in [0.29, 0.717) is 20.1 Å². The molecule has 0 bridgehead atoms. The highest BCUT2D eigenvalue weighted by atomic mass is 32.2. The number of aliphatic hydroxyl groups excluding tert-OH is 2. The van der Waals surface area contributed by atoms with Crippen LogP contribution in [0.15, 0.2) is 11.7 Å². The number of hydrogen-bond donors (Lipinski definition) is 4. The summed E-state index contributed by atoms with van der Waals surface area (Å²) in [5.74, 6) is 0.269. The molecule has 0 aromatic carbocycles. The molecular weight excluding hydrogens is 348 g/mol. The summed E-state index contributed by atoms with van der Waals surface area (Å²) >= 11 is 1.24. The number of thiophene rings is 1. The molecule has 2 aromatic heterocycles. The van der Waals surface area contributed by atoms with Gasteiger partial charge in [-0.3, -0.25) is 4.55 Å². The number of hydrogen-bond acceptors (Lipinski definition) is 9. The number of rotatable bonds is 3. The normalized spacial score (nSPS) is 28.7. The second-order valence-corrected chi connectivity index (χ2v) is 7.40. The highest BCUT2D eigenvalue weighted by molar-refractivity contribution is 7.83. The quantitative estimate of drug-likeness (QED) is 0.509. The predicted molar refractivity (Wildman–Crippen MR) is 80.8 cm³/mol. The Morgan fingerprint density at radius 1 is 1.35 bits per heavy atom. The summed E-state index contributed by atoms with van der Waals surface area (Å²) < 4.78 is 38.0. The first-order valence-corrected chi connectivity index (χ1v) is 8.69. The van der Waals surface area contributed by atoms with Gasteiger partial charge in [-0.05, 0) is 5.38 Å². The van der Waals surface area contributed by atoms with E-state index in [1.165, 1.54) is 17.7 Å². The molecule has 3 rings (SSSR count). The van der Waals surface area contributed by atoms with E-state index in [0.717, 1.165) is 7.05 Å². The number of nitrogens with zero attached hydrogens (tertiary/aromatic N) is 3. The molecule has 10 nitrogen and oxygen atoms in total. The van der Waals surface area contributed by atoms with Crippen LogP contribution < -0.4 is 5.73 Å². The second kappa shape index (κ2) is 5.59. The van der Waals surface area contributed by atoms with Gasteiger partial charge in [0.25, 0.3) is 0 Å². The van der Waals surface area contributed by atoms with E-state index in [1.54, 1.807) is 5.38 Å². The average Bonchev–Trinajstić information content (AvgIpc) is 3.02. The summed E-state index contributed by atoms with van der Waals surface area (Å²) in [5, 5.41) is 21.9. The zero-order valence-corrected chi connectivity index (χ0v) is 13.4. The van der Waals surface area contributed by atoms with Crippen LogP contribution in [0, 0.1) is 0 Å². The summed E-state index contributed by atoms with van der Waals surface area (Å²) in [5.41, 5.74) is 6.66. The lowest BCUT2D eigenvalue weighted by atomic mass is 10.0. The molecule has 1 saturated heterocycles. The van der Waals surface area contributed by atoms with Crippen LogP contribution >= 0.6 is 11.3 Å². The fraction of sp³-hybridized carbons (Fsp3) is 0.455. The molecule has 23 heavy (non-hydrogen) atoms. The molecule has 0 saturated carbocycles. The lowest BCUT2D eigenvalue weighted by molar-refractivity contribution is -0.0492. The van der Waals surface area contributed by atoms with Gasteiger partial charge in [0.15, 0.2) is 6.23 Å². The zero-order chi connectivity index (χ0) is 16.9. The first-order valence-electron chi connectivity index (χ1n) is 6.41. The Morgan fingerprint density at radius 2 is 2.04 bits per heavy atom. The number of likely N-dealkylation sites (N-methyl/N-ethyl adjacent to an activating group) is 1. The number of anilines is 1. The largest absolute Gasteiger partial charge is 0.387 e. The third-order valence-electron chi connectivity index (χ3n) is 3.68. The number of ether oxygens (including phenoxy) is 1. The summed E-state index contributed by atoms with van der Waals surface area (Å²) in [7, 11) is -3.56. The number of aromatic nitrogens is 2. The van der Waals surface area contributed by atoms with E-state index in [4.69, 9.17) is 15.0 Å². The second-order valence-electron chi connectivity index (χ2n) is 5.05. The minimum absolute atomic E-state index is 0.269. The van der Waals surface area contributed by atoms with Crippen LogP contribution in [-0.4, -0.2) is 62.9 Å². The number of nitrogen functional groups attached to an aromatic ring is 1. The van der Waals surface area contributed by atoms with Gasteiger partial charge in [0.1, 0.15) is 30.5 Å². The van der Waals surface area contributed by atoms with Gasteiger partial charge in [-0.1, -0.05) is 0 Å². The monoisotopic (exact) mass is 362 g/mol. The third-order valence-corrected chi connectivity index (χ3v) is 5.62. The first-order chi connectivity index (χ1) is 10.7. The fourth-order valence-corrected chi connectivity index (χ4v) is 3.82. The molecular formula is C11H14N4O6S2. The molecule has 5 N–H and O–H groups in total. The molecule has 4 unspecified atom stereocenters. The molecule has 126 valence electrons. The van der Waals surface area contributed by atoms with Crippen LogP contribution in [-0.2, 0) is 15.0 Å². The van der Waals surface area contributed by atoms with Crippen molar-refractivity contribution in [2.24, 2.45) is 0 Å². The minimum atomic E-state index is -4.59. The van der Waals surface area contributed by atoms with Crippen LogP contribution in [0.4, 0.5) is 5.82 Å². The van der Waals surface area contributed by atoms with E-state index < -0.39 is 34.8 Å². The van der Waals surface area contributed by atoms with Crippen LogP contribution in [0.25, 0.3) is 10.2 Å². The molecule has 0 amide bonds. The Morgan fingerprint density at radius 3 is 2.70 bits per heavy atom. The number of fused-ring (bicyclic) bond motifs is 1. The molecule has 1 fully saturated rings. The molecule has 4 atom stereocenters. The fourth-order valence-electron chi connectivity index (χ4n) is 2.44. The summed E-state index contributed by atoms with van der Waals surface area (Å²) in [6.07, 6.45) is -4.14. The van der Waals surface area contributed by atoms with Crippen molar-refractivity contribution < 1.29 is 27.9 Å². The van der Waals surface area contributed by atoms with E-state index in [9.17, 15) is 18.6 Å². The maximum absolute atomic E-state index is 11.2. The first kappa shape index (κ1) is 16.4. The lowest BCUT2D eigenvalue weighted by Gasteiger charge is -2.22. The Hall–Kier alpha value is -1.41. The van der Waals surface area contributed by atoms with Crippen LogP contribution in [0.2, 0.25) is 0 Å². The van der Waals surface area contributed by atoms with Crippen molar-refractivity contribution in [1.29, 1.82) is 0 Å². The van der Waals surface area contributed by atoms with Crippen molar-refractivity contribution in [1.82, 2.24) is 14.3 Å². The van der Waals surface area contributed by atoms with Gasteiger partial charge in [0, 0.05) is 12.6 Å². The molecule has 2 aromatic rings. The molecule has 12 heteroatoms. The zero-order valence-electron chi connectivity index (χ0n) is 11.8. The van der Waals surface area contributed by atoms with Crippen LogP contribution in [0.3, 0.4) is 0 Å². The standard InChI is InChI=1S/C11H14N4O6S2/c1-15(23(18,19)20)11-7(17)6(16)8(21-11)4-2-22-9-5(4)13-3-14-10(9)12/h2-3,6-8,11,16-17H,1H3,(H2,12,13,14)(H,18,19,20). The van der Waals surface area contributed by atoms with E-state index in [-0.39, 0.29) is 5.82 Å². The highest BCUT2D eigenvalue weighted by Gasteiger charge is 2.48. The molecule has 0 radical (unpaired) electrons. The maximum Gasteiger partial charge on any atom is 0.337 e. The van der Waals surface area contributed by atoms with Gasteiger partial charge in [-0.2, -0.15) is 12.7 Å². The van der Waals surface area contributed by atoms with E-state index in [2.05, 4.69) is 9.97 Å². The topological polar surface area (TPSA) is 159 Å². The lowest BCUT2D eigenvalue weighted by Crippen LogP contribution is -2.44. The predicted octanol–water partition coefficient (Wildman–Crippen LogP) is -0.873. The van der Waals surface area contributed by atoms with Crippen molar-refractivity contribution in [3.63, 3.8) is 0 Å². The maximum atomic E-state index is 11.2. The summed E-state index contributed by atoms with van der Waals surface area (Å²) in [6.45, 7) is 0. The van der Waals surface area contributed by atoms with Crippen molar-refractivity contribution in [2.75, 3.05) is 12.8 Å². The van der Waals surface area contributed by atoms with Gasteiger partial charge < -0.3 is 20.7 Å². The number of aliphatic hydroxyl groups is 2. The van der Waals surface area contributed by atoms with Crippen molar-refractivity contribution >= 4 is 37.7 Å². The average molecular weight is 362 g/mol. The van der Waals surface area contributed by atoms with Gasteiger partial charge in [0.05, 0.1) is 10.2 Å². The van der Waals surface area contributed by atoms with E-state index >= 15 is 0 Å². The molecule has 3 heterocycles. The molecule has 0 spiro atoms. The molecule has 1 aliphatic heterocycles. The van der Waals surface area contributed by atoms with Crippen LogP contribution in [0.5, 0.6) is 0 Å². The van der Waals surface area contributed by atoms with Gasteiger partial charge in [-0.15, -0.1) is 11.3 Å². The summed E-state index contributed by atoms with van der Waals surface area (Å²) in [4.78, 5) is 7.95. The Bertz CT molecular complexity index is 840. The Kier molecular flexibility index (Phi) is 4.00.